The molecule has 5 aromatic carbocycles. The van der Waals surface area contributed by atoms with Gasteiger partial charge in [-0.1, -0.05) is 78.9 Å². The van der Waals surface area contributed by atoms with Crippen LogP contribution in [0.3, 0.4) is 0 Å². The molecule has 3 aromatic heterocycles. The third-order valence-corrected chi connectivity index (χ3v) is 7.27. The Bertz CT molecular complexity index is 2090. The Kier molecular flexibility index (Phi) is 3.28. The minimum absolute atomic E-state index is 0.0358. The third-order valence-electron chi connectivity index (χ3n) is 7.27. The summed E-state index contributed by atoms with van der Waals surface area (Å²) < 4.78 is 4.27. The van der Waals surface area contributed by atoms with Crippen LogP contribution in [0.1, 0.15) is 0 Å². The zero-order valence-electron chi connectivity index (χ0n) is 18.2. The zero-order chi connectivity index (χ0) is 22.4. The van der Waals surface area contributed by atoms with Crippen molar-refractivity contribution in [1.29, 1.82) is 0 Å². The van der Waals surface area contributed by atoms with E-state index in [2.05, 4.69) is 89.5 Å². The van der Waals surface area contributed by atoms with Crippen molar-refractivity contribution in [3.8, 4) is 5.69 Å². The average Bonchev–Trinajstić information content (AvgIpc) is 3.42. The molecule has 0 fully saturated rings. The maximum Gasteiger partial charge on any atom is 0.263 e. The quantitative estimate of drug-likeness (QED) is 0.249. The molecule has 3 nitrogen and oxygen atoms in total. The van der Waals surface area contributed by atoms with Crippen LogP contribution in [-0.2, 0) is 0 Å². The van der Waals surface area contributed by atoms with Crippen molar-refractivity contribution < 1.29 is 0 Å². The molecule has 3 heterocycles. The molecule has 8 rings (SSSR count). The zero-order valence-corrected chi connectivity index (χ0v) is 18.2. The van der Waals surface area contributed by atoms with Crippen molar-refractivity contribution in [3.05, 3.63) is 120 Å². The Morgan fingerprint density at radius 3 is 1.65 bits per heavy atom. The molecular formula is C31H18N2O. The summed E-state index contributed by atoms with van der Waals surface area (Å²) in [5.41, 5.74) is 5.40. The lowest BCUT2D eigenvalue weighted by atomic mass is 10.0. The molecule has 0 radical (unpaired) electrons. The molecule has 0 aliphatic carbocycles. The van der Waals surface area contributed by atoms with E-state index in [4.69, 9.17) is 0 Å². The van der Waals surface area contributed by atoms with E-state index in [0.717, 1.165) is 43.7 Å². The molecule has 0 unspecified atom stereocenters. The Morgan fingerprint density at radius 1 is 0.441 bits per heavy atom. The largest absolute Gasteiger partial charge is 0.309 e. The van der Waals surface area contributed by atoms with Gasteiger partial charge in [0, 0.05) is 32.3 Å². The molecular weight excluding hydrogens is 416 g/mol. The summed E-state index contributed by atoms with van der Waals surface area (Å²) in [6.45, 7) is 0. The Hall–Kier alpha value is -4.63. The molecule has 158 valence electrons. The van der Waals surface area contributed by atoms with E-state index >= 15 is 0 Å². The van der Waals surface area contributed by atoms with Gasteiger partial charge >= 0.3 is 0 Å². The van der Waals surface area contributed by atoms with E-state index in [1.165, 1.54) is 21.8 Å². The summed E-state index contributed by atoms with van der Waals surface area (Å²) in [6, 6.07) is 37.7. The minimum atomic E-state index is 0.0358. The van der Waals surface area contributed by atoms with Crippen molar-refractivity contribution in [1.82, 2.24) is 8.97 Å². The van der Waals surface area contributed by atoms with Gasteiger partial charge in [-0.3, -0.25) is 9.20 Å². The molecule has 8 aromatic rings. The highest BCUT2D eigenvalue weighted by Crippen LogP contribution is 2.40. The fraction of sp³-hybridized carbons (Fsp3) is 0. The van der Waals surface area contributed by atoms with Gasteiger partial charge in [-0.05, 0) is 35.7 Å². The SMILES string of the molecule is O=c1c2ccccc2c2ccc(-n3c4ccccc4c4ccccc43)c3c4ccccc4n1c23. The second-order valence-electron chi connectivity index (χ2n) is 8.93. The first kappa shape index (κ1) is 17.9. The van der Waals surface area contributed by atoms with Crippen LogP contribution in [0.4, 0.5) is 0 Å². The number of benzene rings is 5. The Morgan fingerprint density at radius 2 is 0.971 bits per heavy atom. The molecule has 3 heteroatoms. The molecule has 0 bridgehead atoms. The maximum absolute atomic E-state index is 13.7. The van der Waals surface area contributed by atoms with Gasteiger partial charge in [0.15, 0.2) is 0 Å². The van der Waals surface area contributed by atoms with Gasteiger partial charge in [-0.25, -0.2) is 0 Å². The van der Waals surface area contributed by atoms with Gasteiger partial charge < -0.3 is 4.57 Å². The average molecular weight is 434 g/mol. The van der Waals surface area contributed by atoms with Gasteiger partial charge in [0.25, 0.3) is 5.56 Å². The van der Waals surface area contributed by atoms with Gasteiger partial charge in [0.2, 0.25) is 0 Å². The first-order chi connectivity index (χ1) is 16.8. The van der Waals surface area contributed by atoms with E-state index in [1.807, 2.05) is 28.7 Å². The molecule has 34 heavy (non-hydrogen) atoms. The van der Waals surface area contributed by atoms with Gasteiger partial charge in [-0.2, -0.15) is 0 Å². The third kappa shape index (κ3) is 2.05. The van der Waals surface area contributed by atoms with Crippen molar-refractivity contribution >= 4 is 59.8 Å². The summed E-state index contributed by atoms with van der Waals surface area (Å²) in [7, 11) is 0. The predicted octanol–water partition coefficient (Wildman–Crippen LogP) is 7.29. The molecule has 0 aliphatic rings. The fourth-order valence-electron chi connectivity index (χ4n) is 5.90. The van der Waals surface area contributed by atoms with Crippen LogP contribution in [0, 0.1) is 0 Å². The number of hydrogen-bond donors (Lipinski definition) is 0. The highest BCUT2D eigenvalue weighted by atomic mass is 16.1. The standard InChI is InChI=1S/C31H18N2O/c34-31-23-12-2-1-9-19(23)22-17-18-28(29-24-13-5-8-16-27(24)33(31)30(22)29)32-25-14-6-3-10-20(25)21-11-4-7-15-26(21)32/h1-18H. The topological polar surface area (TPSA) is 26.4 Å². The Balaban J connectivity index is 1.70. The molecule has 0 amide bonds. The molecule has 0 N–H and O–H groups in total. The normalized spacial score (nSPS) is 12.2. The van der Waals surface area contributed by atoms with Gasteiger partial charge in [0.1, 0.15) is 0 Å². The van der Waals surface area contributed by atoms with E-state index in [0.29, 0.717) is 0 Å². The summed E-state index contributed by atoms with van der Waals surface area (Å²) in [5.74, 6) is 0. The lowest BCUT2D eigenvalue weighted by Gasteiger charge is -2.12. The highest BCUT2D eigenvalue weighted by Gasteiger charge is 2.21. The smallest absolute Gasteiger partial charge is 0.263 e. The molecule has 0 saturated heterocycles. The van der Waals surface area contributed by atoms with Crippen LogP contribution in [0.15, 0.2) is 114 Å². The number of para-hydroxylation sites is 3. The van der Waals surface area contributed by atoms with Crippen molar-refractivity contribution in [2.45, 2.75) is 0 Å². The predicted molar refractivity (Wildman–Crippen MR) is 142 cm³/mol. The molecule has 0 spiro atoms. The second kappa shape index (κ2) is 6.24. The summed E-state index contributed by atoms with van der Waals surface area (Å²) in [4.78, 5) is 13.7. The van der Waals surface area contributed by atoms with Crippen molar-refractivity contribution in [2.24, 2.45) is 0 Å². The van der Waals surface area contributed by atoms with Crippen LogP contribution in [0.2, 0.25) is 0 Å². The number of aromatic nitrogens is 2. The molecule has 0 aliphatic heterocycles. The maximum atomic E-state index is 13.7. The fourth-order valence-corrected chi connectivity index (χ4v) is 5.90. The van der Waals surface area contributed by atoms with Crippen molar-refractivity contribution in [3.63, 3.8) is 0 Å². The first-order valence-corrected chi connectivity index (χ1v) is 11.5. The number of fused-ring (bicyclic) bond motifs is 8. The van der Waals surface area contributed by atoms with E-state index in [9.17, 15) is 4.79 Å². The first-order valence-electron chi connectivity index (χ1n) is 11.5. The van der Waals surface area contributed by atoms with Gasteiger partial charge in [0.05, 0.1) is 27.8 Å². The van der Waals surface area contributed by atoms with E-state index < -0.39 is 0 Å². The minimum Gasteiger partial charge on any atom is -0.309 e. The van der Waals surface area contributed by atoms with Crippen molar-refractivity contribution in [2.75, 3.05) is 0 Å². The summed E-state index contributed by atoms with van der Waals surface area (Å²) in [5, 5.41) is 7.52. The van der Waals surface area contributed by atoms with Gasteiger partial charge in [-0.15, -0.1) is 0 Å². The molecule has 0 atom stereocenters. The number of hydrogen-bond acceptors (Lipinski definition) is 1. The highest BCUT2D eigenvalue weighted by molar-refractivity contribution is 6.23. The van der Waals surface area contributed by atoms with Crippen LogP contribution < -0.4 is 5.56 Å². The second-order valence-corrected chi connectivity index (χ2v) is 8.93. The van der Waals surface area contributed by atoms with Crippen LogP contribution in [0.5, 0.6) is 0 Å². The monoisotopic (exact) mass is 434 g/mol. The lowest BCUT2D eigenvalue weighted by Crippen LogP contribution is -2.12. The Labute approximate surface area is 194 Å². The number of pyridine rings is 1. The lowest BCUT2D eigenvalue weighted by molar-refractivity contribution is 1.19. The van der Waals surface area contributed by atoms with E-state index in [1.54, 1.807) is 0 Å². The van der Waals surface area contributed by atoms with Crippen LogP contribution in [0.25, 0.3) is 65.5 Å². The van der Waals surface area contributed by atoms with Crippen LogP contribution >= 0.6 is 0 Å². The summed E-state index contributed by atoms with van der Waals surface area (Å²) >= 11 is 0. The number of nitrogens with zero attached hydrogens (tertiary/aromatic N) is 2. The molecule has 0 saturated carbocycles. The van der Waals surface area contributed by atoms with E-state index in [-0.39, 0.29) is 5.56 Å². The summed E-state index contributed by atoms with van der Waals surface area (Å²) in [6.07, 6.45) is 0. The van der Waals surface area contributed by atoms with Crippen LogP contribution in [-0.4, -0.2) is 8.97 Å². The number of rotatable bonds is 1.